The second-order valence-electron chi connectivity index (χ2n) is 7.74. The lowest BCUT2D eigenvalue weighted by atomic mass is 10.1. The Hall–Kier alpha value is -4.94. The molecule has 0 aliphatic heterocycles. The normalized spacial score (nSPS) is 10.3. The number of nitro groups is 1. The van der Waals surface area contributed by atoms with E-state index in [1.165, 1.54) is 24.3 Å². The summed E-state index contributed by atoms with van der Waals surface area (Å²) in [5.74, 6) is 0.314. The van der Waals surface area contributed by atoms with Gasteiger partial charge < -0.3 is 14.8 Å². The number of amides is 1. The number of benzene rings is 3. The molecule has 1 aromatic heterocycles. The minimum Gasteiger partial charge on any atom is -0.489 e. The Morgan fingerprint density at radius 1 is 0.973 bits per heavy atom. The first-order valence-corrected chi connectivity index (χ1v) is 11.3. The molecule has 9 nitrogen and oxygen atoms in total. The largest absolute Gasteiger partial charge is 0.489 e. The van der Waals surface area contributed by atoms with E-state index >= 15 is 0 Å². The van der Waals surface area contributed by atoms with Gasteiger partial charge in [-0.3, -0.25) is 14.9 Å². The molecule has 0 aliphatic rings. The van der Waals surface area contributed by atoms with Crippen molar-refractivity contribution in [1.82, 2.24) is 4.98 Å². The second kappa shape index (κ2) is 11.7. The maximum atomic E-state index is 13.0. The SMILES string of the molecule is N#Cc1ccccc1COc1cc(OCc2ccccc2Cl)cc(C(=O)Nc2ccc([N+](=O)[O-])cn2)c1. The molecule has 0 saturated carbocycles. The lowest BCUT2D eigenvalue weighted by Crippen LogP contribution is -2.13. The summed E-state index contributed by atoms with van der Waals surface area (Å²) >= 11 is 6.23. The van der Waals surface area contributed by atoms with Crippen molar-refractivity contribution in [3.63, 3.8) is 0 Å². The van der Waals surface area contributed by atoms with E-state index < -0.39 is 10.8 Å². The summed E-state index contributed by atoms with van der Waals surface area (Å²) in [6, 6.07) is 23.7. The monoisotopic (exact) mass is 514 g/mol. The van der Waals surface area contributed by atoms with Gasteiger partial charge in [-0.1, -0.05) is 48.0 Å². The average molecular weight is 515 g/mol. The number of aromatic nitrogens is 1. The summed E-state index contributed by atoms with van der Waals surface area (Å²) in [6.45, 7) is 0.258. The van der Waals surface area contributed by atoms with Crippen molar-refractivity contribution in [2.45, 2.75) is 13.2 Å². The molecule has 10 heteroatoms. The van der Waals surface area contributed by atoms with Crippen LogP contribution in [0.4, 0.5) is 11.5 Å². The smallest absolute Gasteiger partial charge is 0.287 e. The van der Waals surface area contributed by atoms with Crippen LogP contribution in [0.5, 0.6) is 11.5 Å². The fourth-order valence-corrected chi connectivity index (χ4v) is 3.51. The lowest BCUT2D eigenvalue weighted by molar-refractivity contribution is -0.385. The minimum atomic E-state index is -0.577. The third-order valence-corrected chi connectivity index (χ3v) is 5.60. The molecule has 1 N–H and O–H groups in total. The number of hydrogen-bond acceptors (Lipinski definition) is 7. The van der Waals surface area contributed by atoms with Gasteiger partial charge in [0.2, 0.25) is 0 Å². The van der Waals surface area contributed by atoms with E-state index in [2.05, 4.69) is 16.4 Å². The van der Waals surface area contributed by atoms with E-state index in [0.29, 0.717) is 27.6 Å². The van der Waals surface area contributed by atoms with E-state index in [4.69, 9.17) is 21.1 Å². The van der Waals surface area contributed by atoms with Gasteiger partial charge in [-0.15, -0.1) is 0 Å². The molecule has 0 unspecified atom stereocenters. The molecule has 1 heterocycles. The van der Waals surface area contributed by atoms with Crippen molar-refractivity contribution >= 4 is 29.0 Å². The summed E-state index contributed by atoms with van der Waals surface area (Å²) in [5, 5.41) is 23.3. The maximum absolute atomic E-state index is 13.0. The first kappa shape index (κ1) is 25.2. The number of nitriles is 1. The van der Waals surface area contributed by atoms with Crippen molar-refractivity contribution in [1.29, 1.82) is 5.26 Å². The van der Waals surface area contributed by atoms with Gasteiger partial charge in [0.15, 0.2) is 0 Å². The molecule has 0 radical (unpaired) electrons. The van der Waals surface area contributed by atoms with Gasteiger partial charge in [-0.2, -0.15) is 5.26 Å². The molecule has 0 atom stereocenters. The molecule has 4 aromatic rings. The first-order chi connectivity index (χ1) is 17.9. The molecule has 0 bridgehead atoms. The number of hydrogen-bond donors (Lipinski definition) is 1. The summed E-state index contributed by atoms with van der Waals surface area (Å²) < 4.78 is 11.8. The summed E-state index contributed by atoms with van der Waals surface area (Å²) in [5.41, 5.74) is 1.95. The second-order valence-corrected chi connectivity index (χ2v) is 8.15. The number of pyridine rings is 1. The lowest BCUT2D eigenvalue weighted by Gasteiger charge is -2.13. The first-order valence-electron chi connectivity index (χ1n) is 11.0. The maximum Gasteiger partial charge on any atom is 0.287 e. The zero-order valence-electron chi connectivity index (χ0n) is 19.3. The Kier molecular flexibility index (Phi) is 7.93. The number of nitrogens with one attached hydrogen (secondary N) is 1. The predicted molar refractivity (Wildman–Crippen MR) is 137 cm³/mol. The third kappa shape index (κ3) is 6.60. The Morgan fingerprint density at radius 2 is 1.62 bits per heavy atom. The zero-order chi connectivity index (χ0) is 26.2. The van der Waals surface area contributed by atoms with Crippen molar-refractivity contribution in [3.05, 3.63) is 122 Å². The molecular weight excluding hydrogens is 496 g/mol. The van der Waals surface area contributed by atoms with Gasteiger partial charge in [-0.05, 0) is 30.3 Å². The standard InChI is InChI=1S/C27H19ClN4O5/c28-25-8-4-3-7-20(25)17-37-24-12-21(27(33)31-26-10-9-22(15-30-26)32(34)35)11-23(13-24)36-16-19-6-2-1-5-18(19)14-29/h1-13,15H,16-17H2,(H,30,31,33). The number of nitrogens with zero attached hydrogens (tertiary/aromatic N) is 3. The van der Waals surface area contributed by atoms with Gasteiger partial charge in [0.05, 0.1) is 16.6 Å². The van der Waals surface area contributed by atoms with Crippen molar-refractivity contribution < 1.29 is 19.2 Å². The van der Waals surface area contributed by atoms with Crippen LogP contribution in [0, 0.1) is 21.4 Å². The van der Waals surface area contributed by atoms with Crippen LogP contribution in [0.3, 0.4) is 0 Å². The molecule has 0 spiro atoms. The van der Waals surface area contributed by atoms with Crippen molar-refractivity contribution in [2.75, 3.05) is 5.32 Å². The van der Waals surface area contributed by atoms with Crippen LogP contribution in [-0.4, -0.2) is 15.8 Å². The molecule has 4 rings (SSSR count). The van der Waals surface area contributed by atoms with E-state index in [1.54, 1.807) is 36.4 Å². The van der Waals surface area contributed by atoms with E-state index in [1.807, 2.05) is 18.2 Å². The highest BCUT2D eigenvalue weighted by atomic mass is 35.5. The highest BCUT2D eigenvalue weighted by Crippen LogP contribution is 2.27. The number of rotatable bonds is 9. The minimum absolute atomic E-state index is 0.0999. The number of halogens is 1. The van der Waals surface area contributed by atoms with Gasteiger partial charge in [0.25, 0.3) is 11.6 Å². The van der Waals surface area contributed by atoms with E-state index in [0.717, 1.165) is 11.8 Å². The van der Waals surface area contributed by atoms with Crippen molar-refractivity contribution in [2.24, 2.45) is 0 Å². The topological polar surface area (TPSA) is 127 Å². The van der Waals surface area contributed by atoms with Crippen molar-refractivity contribution in [3.8, 4) is 17.6 Å². The zero-order valence-corrected chi connectivity index (χ0v) is 20.0. The highest BCUT2D eigenvalue weighted by molar-refractivity contribution is 6.31. The summed E-state index contributed by atoms with van der Waals surface area (Å²) in [4.78, 5) is 27.2. The summed E-state index contributed by atoms with van der Waals surface area (Å²) in [7, 11) is 0. The Bertz CT molecular complexity index is 1490. The van der Waals surface area contributed by atoms with Crippen LogP contribution < -0.4 is 14.8 Å². The Balaban J connectivity index is 1.57. The number of anilines is 1. The fraction of sp³-hybridized carbons (Fsp3) is 0.0741. The third-order valence-electron chi connectivity index (χ3n) is 5.23. The highest BCUT2D eigenvalue weighted by Gasteiger charge is 2.14. The van der Waals surface area contributed by atoms with Crippen LogP contribution in [0.15, 0.2) is 85.1 Å². The van der Waals surface area contributed by atoms with E-state index in [9.17, 15) is 20.2 Å². The molecule has 0 aliphatic carbocycles. The average Bonchev–Trinajstić information content (AvgIpc) is 2.91. The van der Waals surface area contributed by atoms with Gasteiger partial charge in [0, 0.05) is 33.8 Å². The fourth-order valence-electron chi connectivity index (χ4n) is 3.32. The van der Waals surface area contributed by atoms with Gasteiger partial charge in [0.1, 0.15) is 36.7 Å². The quantitative estimate of drug-likeness (QED) is 0.217. The van der Waals surface area contributed by atoms with Gasteiger partial charge >= 0.3 is 0 Å². The van der Waals surface area contributed by atoms with Crippen LogP contribution in [-0.2, 0) is 13.2 Å². The molecular formula is C27H19ClN4O5. The van der Waals surface area contributed by atoms with Gasteiger partial charge in [-0.25, -0.2) is 4.98 Å². The van der Waals surface area contributed by atoms with Crippen LogP contribution in [0.25, 0.3) is 0 Å². The Labute approximate surface area is 217 Å². The Morgan fingerprint density at radius 3 is 2.24 bits per heavy atom. The number of carbonyl (C=O) groups is 1. The molecule has 3 aromatic carbocycles. The number of carbonyl (C=O) groups excluding carboxylic acids is 1. The summed E-state index contributed by atoms with van der Waals surface area (Å²) in [6.07, 6.45) is 1.06. The molecule has 0 saturated heterocycles. The van der Waals surface area contributed by atoms with Crippen LogP contribution >= 0.6 is 11.6 Å². The van der Waals surface area contributed by atoms with E-state index in [-0.39, 0.29) is 30.3 Å². The van der Waals surface area contributed by atoms with Crippen LogP contribution in [0.2, 0.25) is 5.02 Å². The molecule has 0 fully saturated rings. The van der Waals surface area contributed by atoms with Crippen LogP contribution in [0.1, 0.15) is 27.0 Å². The molecule has 184 valence electrons. The number of ether oxygens (including phenoxy) is 2. The molecule has 37 heavy (non-hydrogen) atoms. The molecule has 1 amide bonds. The predicted octanol–water partition coefficient (Wildman–Crippen LogP) is 5.93.